The molecular formula is C5H9N3. The zero-order chi connectivity index (χ0) is 5.28. The van der Waals surface area contributed by atoms with Crippen molar-refractivity contribution in [3.63, 3.8) is 0 Å². The molecule has 3 heteroatoms. The van der Waals surface area contributed by atoms with Crippen LogP contribution in [0, 0.1) is 21.3 Å². The highest BCUT2D eigenvalue weighted by Gasteiger charge is 1.82. The maximum Gasteiger partial charge on any atom is 0.0467 e. The molecule has 0 amide bonds. The highest BCUT2D eigenvalue weighted by Crippen LogP contribution is 1.91. The van der Waals surface area contributed by atoms with Gasteiger partial charge >= 0.3 is 0 Å². The molecule has 0 atom stereocenters. The van der Waals surface area contributed by atoms with Gasteiger partial charge in [0.1, 0.15) is 0 Å². The molecule has 1 aromatic heterocycles. The van der Waals surface area contributed by atoms with E-state index in [2.05, 4.69) is 15.4 Å². The van der Waals surface area contributed by atoms with Crippen LogP contribution in [0.3, 0.4) is 0 Å². The van der Waals surface area contributed by atoms with Gasteiger partial charge in [-0.3, -0.25) is 0 Å². The molecule has 0 unspecified atom stereocenters. The van der Waals surface area contributed by atoms with E-state index >= 15 is 0 Å². The standard InChI is InChI=1S/C4H6N3.CH3/c1-3-4(2)6-7-5-3;/h1-2H3;1H3/q-1;+1. The molecule has 0 N–H and O–H groups in total. The van der Waals surface area contributed by atoms with Gasteiger partial charge in [0.15, 0.2) is 0 Å². The van der Waals surface area contributed by atoms with E-state index in [0.29, 0.717) is 0 Å². The molecule has 1 heterocycles. The van der Waals surface area contributed by atoms with Gasteiger partial charge < -0.3 is 15.4 Å². The number of hydrogen-bond acceptors (Lipinski definition) is 2. The van der Waals surface area contributed by atoms with Crippen molar-refractivity contribution in [3.8, 4) is 0 Å². The minimum absolute atomic E-state index is 0. The van der Waals surface area contributed by atoms with Crippen molar-refractivity contribution >= 4 is 0 Å². The second-order valence-corrected chi connectivity index (χ2v) is 1.46. The Bertz CT molecular complexity index is 140. The maximum atomic E-state index is 3.66. The third-order valence-corrected chi connectivity index (χ3v) is 0.913. The fourth-order valence-corrected chi connectivity index (χ4v) is 0.301. The largest absolute Gasteiger partial charge is 0.493 e. The molecule has 0 aliphatic heterocycles. The fourth-order valence-electron chi connectivity index (χ4n) is 0.301. The molecule has 0 aliphatic carbocycles. The highest BCUT2D eigenvalue weighted by atomic mass is 15.3. The zero-order valence-corrected chi connectivity index (χ0v) is 5.34. The Balaban J connectivity index is 0.000000490. The average molecular weight is 111 g/mol. The van der Waals surface area contributed by atoms with Gasteiger partial charge in [-0.1, -0.05) is 0 Å². The van der Waals surface area contributed by atoms with Crippen LogP contribution in [-0.2, 0) is 0 Å². The van der Waals surface area contributed by atoms with E-state index in [9.17, 15) is 0 Å². The number of rotatable bonds is 0. The van der Waals surface area contributed by atoms with Crippen LogP contribution in [0.2, 0.25) is 0 Å². The summed E-state index contributed by atoms with van der Waals surface area (Å²) in [7, 11) is 0. The van der Waals surface area contributed by atoms with Crippen molar-refractivity contribution in [2.24, 2.45) is 0 Å². The first kappa shape index (κ1) is 7.01. The van der Waals surface area contributed by atoms with Crippen LogP contribution >= 0.6 is 0 Å². The zero-order valence-electron chi connectivity index (χ0n) is 5.34. The minimum atomic E-state index is 0. The molecule has 1 rings (SSSR count). The molecule has 0 aliphatic rings. The van der Waals surface area contributed by atoms with E-state index in [0.717, 1.165) is 11.4 Å². The molecule has 0 aromatic carbocycles. The summed E-state index contributed by atoms with van der Waals surface area (Å²) in [6.07, 6.45) is 0. The summed E-state index contributed by atoms with van der Waals surface area (Å²) in [5.41, 5.74) is 1.83. The Morgan fingerprint density at radius 2 is 1.50 bits per heavy atom. The van der Waals surface area contributed by atoms with E-state index in [-0.39, 0.29) is 7.43 Å². The van der Waals surface area contributed by atoms with Crippen LogP contribution in [0.4, 0.5) is 0 Å². The first-order chi connectivity index (χ1) is 3.30. The Hall–Kier alpha value is -0.990. The van der Waals surface area contributed by atoms with E-state index in [1.165, 1.54) is 0 Å². The van der Waals surface area contributed by atoms with Gasteiger partial charge in [0.05, 0.1) is 0 Å². The van der Waals surface area contributed by atoms with Crippen molar-refractivity contribution < 1.29 is 0 Å². The van der Waals surface area contributed by atoms with Crippen LogP contribution < -0.4 is 5.21 Å². The third-order valence-electron chi connectivity index (χ3n) is 0.913. The Labute approximate surface area is 49.1 Å². The van der Waals surface area contributed by atoms with Crippen LogP contribution in [0.15, 0.2) is 0 Å². The molecule has 0 saturated heterocycles. The smallest absolute Gasteiger partial charge is 0.0467 e. The lowest BCUT2D eigenvalue weighted by Gasteiger charge is -1.80. The lowest BCUT2D eigenvalue weighted by atomic mass is 10.4. The first-order valence-electron chi connectivity index (χ1n) is 2.10. The molecule has 0 saturated carbocycles. The van der Waals surface area contributed by atoms with Gasteiger partial charge in [-0.25, -0.2) is 0 Å². The number of aryl methyl sites for hydroxylation is 2. The molecule has 0 spiro atoms. The number of aromatic nitrogens is 3. The second kappa shape index (κ2) is 2.35. The maximum absolute atomic E-state index is 3.66. The van der Waals surface area contributed by atoms with Crippen LogP contribution in [0.1, 0.15) is 11.4 Å². The summed E-state index contributed by atoms with van der Waals surface area (Å²) in [5, 5.41) is 10.7. The van der Waals surface area contributed by atoms with Crippen LogP contribution in [0.25, 0.3) is 0 Å². The average Bonchev–Trinajstić information content (AvgIpc) is 1.91. The predicted molar refractivity (Wildman–Crippen MR) is 31.2 cm³/mol. The van der Waals surface area contributed by atoms with Crippen LogP contribution in [0.5, 0.6) is 0 Å². The Morgan fingerprint density at radius 3 is 1.62 bits per heavy atom. The summed E-state index contributed by atoms with van der Waals surface area (Å²) in [6, 6.07) is 0. The van der Waals surface area contributed by atoms with Crippen molar-refractivity contribution in [2.75, 3.05) is 0 Å². The summed E-state index contributed by atoms with van der Waals surface area (Å²) in [5.74, 6) is 0. The van der Waals surface area contributed by atoms with Gasteiger partial charge in [0.25, 0.3) is 0 Å². The predicted octanol–water partition coefficient (Wildman–Crippen LogP) is 0.501. The van der Waals surface area contributed by atoms with Gasteiger partial charge in [-0.05, 0) is 13.8 Å². The van der Waals surface area contributed by atoms with E-state index in [4.69, 9.17) is 0 Å². The summed E-state index contributed by atoms with van der Waals surface area (Å²) in [6.45, 7) is 3.77. The monoisotopic (exact) mass is 111 g/mol. The van der Waals surface area contributed by atoms with Gasteiger partial charge in [0, 0.05) is 18.8 Å². The first-order valence-corrected chi connectivity index (χ1v) is 2.10. The van der Waals surface area contributed by atoms with E-state index in [1.54, 1.807) is 0 Å². The van der Waals surface area contributed by atoms with Crippen molar-refractivity contribution in [2.45, 2.75) is 13.8 Å². The SMILES string of the molecule is Cc1n[n-]nc1C.[CH3+]. The molecule has 3 nitrogen and oxygen atoms in total. The lowest BCUT2D eigenvalue weighted by Crippen LogP contribution is -1.72. The van der Waals surface area contributed by atoms with Gasteiger partial charge in [0.2, 0.25) is 0 Å². The molecule has 44 valence electrons. The minimum Gasteiger partial charge on any atom is -0.493 e. The molecule has 8 heavy (non-hydrogen) atoms. The fraction of sp³-hybridized carbons (Fsp3) is 0.400. The quantitative estimate of drug-likeness (QED) is 0.458. The molecule has 0 radical (unpaired) electrons. The topological polar surface area (TPSA) is 39.9 Å². The molecular weight excluding hydrogens is 102 g/mol. The Kier molecular flexibility index (Phi) is 2.06. The lowest BCUT2D eigenvalue weighted by molar-refractivity contribution is 0.892. The number of hydrogen-bond donors (Lipinski definition) is 0. The van der Waals surface area contributed by atoms with E-state index in [1.807, 2.05) is 13.8 Å². The molecule has 1 aromatic rings. The summed E-state index contributed by atoms with van der Waals surface area (Å²) < 4.78 is 0. The van der Waals surface area contributed by atoms with Crippen molar-refractivity contribution in [3.05, 3.63) is 18.8 Å². The summed E-state index contributed by atoms with van der Waals surface area (Å²) in [4.78, 5) is 0. The Morgan fingerprint density at radius 1 is 1.12 bits per heavy atom. The van der Waals surface area contributed by atoms with Crippen molar-refractivity contribution in [1.82, 2.24) is 15.4 Å². The van der Waals surface area contributed by atoms with E-state index < -0.39 is 0 Å². The van der Waals surface area contributed by atoms with Gasteiger partial charge in [-0.15, -0.1) is 0 Å². The van der Waals surface area contributed by atoms with Gasteiger partial charge in [-0.2, -0.15) is 0 Å². The van der Waals surface area contributed by atoms with Crippen molar-refractivity contribution in [1.29, 1.82) is 0 Å². The molecule has 0 fully saturated rings. The third kappa shape index (κ3) is 0.992. The highest BCUT2D eigenvalue weighted by molar-refractivity contribution is 5.01. The molecule has 0 bridgehead atoms. The summed E-state index contributed by atoms with van der Waals surface area (Å²) >= 11 is 0. The number of nitrogens with zero attached hydrogens (tertiary/aromatic N) is 3. The normalized spacial score (nSPS) is 8.25. The van der Waals surface area contributed by atoms with Crippen LogP contribution in [-0.4, -0.2) is 10.2 Å². The second-order valence-electron chi connectivity index (χ2n) is 1.46.